The Balaban J connectivity index is 1.32. The molecule has 1 aromatic carbocycles. The van der Waals surface area contributed by atoms with Crippen LogP contribution in [0.3, 0.4) is 0 Å². The molecule has 3 heterocycles. The highest BCUT2D eigenvalue weighted by atomic mass is 35.5. The fourth-order valence-corrected chi connectivity index (χ4v) is 3.71. The average Bonchev–Trinajstić information content (AvgIpc) is 3.10. The minimum absolute atomic E-state index is 0.0977. The monoisotopic (exact) mass is 383 g/mol. The second-order valence-corrected chi connectivity index (χ2v) is 7.49. The van der Waals surface area contributed by atoms with Crippen molar-refractivity contribution in [3.05, 3.63) is 81.4 Å². The Morgan fingerprint density at radius 2 is 2.04 bits per heavy atom. The second-order valence-electron chi connectivity index (χ2n) is 7.05. The van der Waals surface area contributed by atoms with Crippen molar-refractivity contribution in [2.24, 2.45) is 5.92 Å². The average molecular weight is 384 g/mol. The molecule has 6 heteroatoms. The van der Waals surface area contributed by atoms with E-state index in [-0.39, 0.29) is 5.56 Å². The Morgan fingerprint density at radius 3 is 2.89 bits per heavy atom. The Kier molecular flexibility index (Phi) is 5.53. The maximum Gasteiger partial charge on any atom is 0.258 e. The first-order chi connectivity index (χ1) is 13.2. The minimum Gasteiger partial charge on any atom is -0.376 e. The molecular formula is C21H22ClN3O2. The number of aromatic nitrogens is 2. The maximum atomic E-state index is 12.3. The predicted octanol–water partition coefficient (Wildman–Crippen LogP) is 3.39. The Labute approximate surface area is 163 Å². The molecule has 140 valence electrons. The van der Waals surface area contributed by atoms with Crippen LogP contribution in [0.1, 0.15) is 17.7 Å². The highest BCUT2D eigenvalue weighted by molar-refractivity contribution is 6.30. The topological polar surface area (TPSA) is 46.8 Å². The Morgan fingerprint density at radius 1 is 1.19 bits per heavy atom. The van der Waals surface area contributed by atoms with Crippen molar-refractivity contribution < 1.29 is 4.74 Å². The van der Waals surface area contributed by atoms with Gasteiger partial charge < -0.3 is 4.74 Å². The van der Waals surface area contributed by atoms with Gasteiger partial charge in [0, 0.05) is 25.4 Å². The van der Waals surface area contributed by atoms with Gasteiger partial charge in [-0.15, -0.1) is 0 Å². The summed E-state index contributed by atoms with van der Waals surface area (Å²) in [7, 11) is 0. The quantitative estimate of drug-likeness (QED) is 0.654. The molecule has 3 aromatic rings. The second kappa shape index (κ2) is 8.21. The SMILES string of the molecule is O=c1cc(CN2CCC(COCc3ccccc3)C2)nc2ccc(Cl)cn12. The number of hydrogen-bond donors (Lipinski definition) is 0. The first-order valence-electron chi connectivity index (χ1n) is 9.19. The lowest BCUT2D eigenvalue weighted by molar-refractivity contribution is 0.0884. The molecule has 5 nitrogen and oxygen atoms in total. The van der Waals surface area contributed by atoms with Gasteiger partial charge in [0.25, 0.3) is 5.56 Å². The molecule has 0 N–H and O–H groups in total. The molecule has 0 aliphatic carbocycles. The molecule has 0 bridgehead atoms. The molecular weight excluding hydrogens is 362 g/mol. The van der Waals surface area contributed by atoms with E-state index in [0.29, 0.717) is 29.7 Å². The van der Waals surface area contributed by atoms with Crippen LogP contribution in [0.4, 0.5) is 0 Å². The number of rotatable bonds is 6. The van der Waals surface area contributed by atoms with Crippen molar-refractivity contribution in [2.75, 3.05) is 19.7 Å². The van der Waals surface area contributed by atoms with Crippen LogP contribution < -0.4 is 5.56 Å². The molecule has 4 rings (SSSR count). The van der Waals surface area contributed by atoms with Crippen LogP contribution in [0.25, 0.3) is 5.65 Å². The van der Waals surface area contributed by atoms with Crippen LogP contribution in [0, 0.1) is 5.92 Å². The molecule has 27 heavy (non-hydrogen) atoms. The third-order valence-electron chi connectivity index (χ3n) is 4.90. The van der Waals surface area contributed by atoms with Crippen LogP contribution >= 0.6 is 11.6 Å². The first kappa shape index (κ1) is 18.2. The fraction of sp³-hybridized carbons (Fsp3) is 0.333. The highest BCUT2D eigenvalue weighted by Crippen LogP contribution is 2.19. The number of fused-ring (bicyclic) bond motifs is 1. The van der Waals surface area contributed by atoms with Gasteiger partial charge in [0.05, 0.1) is 23.9 Å². The van der Waals surface area contributed by atoms with Gasteiger partial charge in [-0.05, 0) is 36.6 Å². The number of hydrogen-bond acceptors (Lipinski definition) is 4. The zero-order valence-electron chi connectivity index (χ0n) is 15.1. The third-order valence-corrected chi connectivity index (χ3v) is 5.12. The summed E-state index contributed by atoms with van der Waals surface area (Å²) in [6.07, 6.45) is 2.71. The largest absolute Gasteiger partial charge is 0.376 e. The summed E-state index contributed by atoms with van der Waals surface area (Å²) in [6.45, 7) is 4.07. The van der Waals surface area contributed by atoms with E-state index in [4.69, 9.17) is 16.3 Å². The number of pyridine rings is 1. The van der Waals surface area contributed by atoms with Crippen molar-refractivity contribution in [2.45, 2.75) is 19.6 Å². The molecule has 0 spiro atoms. The van der Waals surface area contributed by atoms with E-state index in [1.54, 1.807) is 24.4 Å². The molecule has 0 amide bonds. The van der Waals surface area contributed by atoms with Crippen LogP contribution in [-0.4, -0.2) is 34.0 Å². The summed E-state index contributed by atoms with van der Waals surface area (Å²) in [4.78, 5) is 19.2. The number of ether oxygens (including phenoxy) is 1. The lowest BCUT2D eigenvalue weighted by Gasteiger charge is -2.16. The van der Waals surface area contributed by atoms with Gasteiger partial charge in [-0.25, -0.2) is 4.98 Å². The molecule has 1 aliphatic heterocycles. The standard InChI is InChI=1S/C21H22ClN3O2/c22-18-6-7-20-23-19(10-21(26)25(20)12-18)13-24-9-8-17(11-24)15-27-14-16-4-2-1-3-5-16/h1-7,10,12,17H,8-9,11,13-15H2. The molecule has 1 aliphatic rings. The fourth-order valence-electron chi connectivity index (χ4n) is 3.55. The number of halogens is 1. The van der Waals surface area contributed by atoms with E-state index in [1.165, 1.54) is 9.96 Å². The minimum atomic E-state index is -0.0977. The smallest absolute Gasteiger partial charge is 0.258 e. The van der Waals surface area contributed by atoms with E-state index in [0.717, 1.165) is 31.8 Å². The highest BCUT2D eigenvalue weighted by Gasteiger charge is 2.23. The van der Waals surface area contributed by atoms with E-state index in [2.05, 4.69) is 22.0 Å². The molecule has 1 atom stereocenters. The number of nitrogens with zero attached hydrogens (tertiary/aromatic N) is 3. The zero-order chi connectivity index (χ0) is 18.6. The molecule has 1 fully saturated rings. The van der Waals surface area contributed by atoms with Gasteiger partial charge >= 0.3 is 0 Å². The van der Waals surface area contributed by atoms with Crippen molar-refractivity contribution in [3.8, 4) is 0 Å². The lowest BCUT2D eigenvalue weighted by atomic mass is 10.1. The van der Waals surface area contributed by atoms with Crippen LogP contribution in [0.2, 0.25) is 5.02 Å². The van der Waals surface area contributed by atoms with Crippen LogP contribution in [0.5, 0.6) is 0 Å². The predicted molar refractivity (Wildman–Crippen MR) is 106 cm³/mol. The van der Waals surface area contributed by atoms with E-state index in [1.807, 2.05) is 18.2 Å². The van der Waals surface area contributed by atoms with Crippen LogP contribution in [0.15, 0.2) is 59.5 Å². The summed E-state index contributed by atoms with van der Waals surface area (Å²) in [5.41, 5.74) is 2.53. The van der Waals surface area contributed by atoms with E-state index < -0.39 is 0 Å². The summed E-state index contributed by atoms with van der Waals surface area (Å²) in [6, 6.07) is 15.4. The lowest BCUT2D eigenvalue weighted by Crippen LogP contribution is -2.24. The molecule has 0 saturated carbocycles. The van der Waals surface area contributed by atoms with Gasteiger partial charge in [-0.2, -0.15) is 0 Å². The normalized spacial score (nSPS) is 17.6. The summed E-state index contributed by atoms with van der Waals surface area (Å²) in [5.74, 6) is 0.522. The summed E-state index contributed by atoms with van der Waals surface area (Å²) < 4.78 is 7.36. The van der Waals surface area contributed by atoms with Gasteiger partial charge in [0.2, 0.25) is 0 Å². The number of benzene rings is 1. The van der Waals surface area contributed by atoms with Crippen molar-refractivity contribution >= 4 is 17.2 Å². The molecule has 0 radical (unpaired) electrons. The van der Waals surface area contributed by atoms with E-state index in [9.17, 15) is 4.79 Å². The van der Waals surface area contributed by atoms with Gasteiger partial charge in [-0.1, -0.05) is 41.9 Å². The molecule has 1 saturated heterocycles. The van der Waals surface area contributed by atoms with Crippen molar-refractivity contribution in [1.82, 2.24) is 14.3 Å². The van der Waals surface area contributed by atoms with Gasteiger partial charge in [0.15, 0.2) is 0 Å². The Hall–Kier alpha value is -2.21. The van der Waals surface area contributed by atoms with Crippen molar-refractivity contribution in [3.63, 3.8) is 0 Å². The van der Waals surface area contributed by atoms with Crippen LogP contribution in [-0.2, 0) is 17.9 Å². The van der Waals surface area contributed by atoms with Gasteiger partial charge in [-0.3, -0.25) is 14.1 Å². The van der Waals surface area contributed by atoms with E-state index >= 15 is 0 Å². The third kappa shape index (κ3) is 4.56. The first-order valence-corrected chi connectivity index (χ1v) is 9.57. The number of likely N-dealkylation sites (tertiary alicyclic amines) is 1. The molecule has 2 aromatic heterocycles. The maximum absolute atomic E-state index is 12.3. The molecule has 1 unspecified atom stereocenters. The summed E-state index contributed by atoms with van der Waals surface area (Å²) in [5, 5.41) is 0.525. The summed E-state index contributed by atoms with van der Waals surface area (Å²) >= 11 is 5.96. The zero-order valence-corrected chi connectivity index (χ0v) is 15.8. The Bertz CT molecular complexity index is 974. The van der Waals surface area contributed by atoms with Crippen molar-refractivity contribution in [1.29, 1.82) is 0 Å². The van der Waals surface area contributed by atoms with Gasteiger partial charge in [0.1, 0.15) is 5.65 Å².